The largest absolute Gasteiger partial charge is 0.488 e. The first-order valence-corrected chi connectivity index (χ1v) is 9.11. The van der Waals surface area contributed by atoms with Crippen LogP contribution in [0.3, 0.4) is 0 Å². The van der Waals surface area contributed by atoms with E-state index in [1.807, 2.05) is 45.2 Å². The Morgan fingerprint density at radius 1 is 1.19 bits per heavy atom. The van der Waals surface area contributed by atoms with Crippen LogP contribution in [0.4, 0.5) is 0 Å². The van der Waals surface area contributed by atoms with E-state index in [9.17, 15) is 4.79 Å². The van der Waals surface area contributed by atoms with Crippen molar-refractivity contribution in [1.82, 2.24) is 4.90 Å². The number of nitrogens with zero attached hydrogens (tertiary/aromatic N) is 1. The highest BCUT2D eigenvalue weighted by molar-refractivity contribution is 6.31. The summed E-state index contributed by atoms with van der Waals surface area (Å²) < 4.78 is 6.02. The highest BCUT2D eigenvalue weighted by Crippen LogP contribution is 2.27. The predicted octanol–water partition coefficient (Wildman–Crippen LogP) is 4.83. The zero-order valence-corrected chi connectivity index (χ0v) is 16.3. The van der Waals surface area contributed by atoms with E-state index in [2.05, 4.69) is 17.0 Å². The third-order valence-electron chi connectivity index (χ3n) is 4.23. The van der Waals surface area contributed by atoms with Crippen molar-refractivity contribution >= 4 is 17.6 Å². The van der Waals surface area contributed by atoms with Gasteiger partial charge in [-0.1, -0.05) is 41.9 Å². The van der Waals surface area contributed by atoms with Crippen molar-refractivity contribution in [3.63, 3.8) is 0 Å². The maximum Gasteiger partial charge on any atom is 0.303 e. The van der Waals surface area contributed by atoms with Gasteiger partial charge in [0.2, 0.25) is 0 Å². The topological polar surface area (TPSA) is 49.8 Å². The number of carboxylic acids is 1. The van der Waals surface area contributed by atoms with Crippen molar-refractivity contribution in [1.29, 1.82) is 0 Å². The second-order valence-electron chi connectivity index (χ2n) is 6.67. The third-order valence-corrected chi connectivity index (χ3v) is 4.60. The Labute approximate surface area is 160 Å². The van der Waals surface area contributed by atoms with E-state index >= 15 is 0 Å². The predicted molar refractivity (Wildman–Crippen MR) is 105 cm³/mol. The molecule has 0 heterocycles. The molecule has 0 amide bonds. The molecule has 2 rings (SSSR count). The van der Waals surface area contributed by atoms with E-state index in [1.165, 1.54) is 5.56 Å². The molecule has 0 aliphatic carbocycles. The summed E-state index contributed by atoms with van der Waals surface area (Å²) in [6, 6.07) is 11.9. The van der Waals surface area contributed by atoms with E-state index in [0.717, 1.165) is 35.5 Å². The Morgan fingerprint density at radius 3 is 2.46 bits per heavy atom. The second-order valence-corrected chi connectivity index (χ2v) is 7.08. The van der Waals surface area contributed by atoms with Crippen LogP contribution in [0.25, 0.3) is 0 Å². The lowest BCUT2D eigenvalue weighted by molar-refractivity contribution is -0.137. The van der Waals surface area contributed by atoms with E-state index < -0.39 is 5.97 Å². The first-order chi connectivity index (χ1) is 12.4. The average molecular weight is 376 g/mol. The zero-order valence-electron chi connectivity index (χ0n) is 15.6. The van der Waals surface area contributed by atoms with Gasteiger partial charge in [0, 0.05) is 23.6 Å². The number of aryl methyl sites for hydroxylation is 2. The van der Waals surface area contributed by atoms with Crippen LogP contribution >= 0.6 is 11.6 Å². The summed E-state index contributed by atoms with van der Waals surface area (Å²) in [6.07, 6.45) is 0.861. The molecule has 0 spiro atoms. The van der Waals surface area contributed by atoms with Gasteiger partial charge >= 0.3 is 5.97 Å². The van der Waals surface area contributed by atoms with Crippen LogP contribution in [0, 0.1) is 13.8 Å². The number of carbonyl (C=O) groups is 1. The first-order valence-electron chi connectivity index (χ1n) is 8.73. The Kier molecular flexibility index (Phi) is 7.49. The zero-order chi connectivity index (χ0) is 19.1. The van der Waals surface area contributed by atoms with Crippen molar-refractivity contribution in [2.45, 2.75) is 39.8 Å². The van der Waals surface area contributed by atoms with Crippen LogP contribution < -0.4 is 4.74 Å². The summed E-state index contributed by atoms with van der Waals surface area (Å²) in [5.41, 5.74) is 4.34. The second kappa shape index (κ2) is 9.60. The highest BCUT2D eigenvalue weighted by Gasteiger charge is 2.10. The van der Waals surface area contributed by atoms with E-state index in [1.54, 1.807) is 0 Å². The minimum atomic E-state index is -0.745. The third kappa shape index (κ3) is 6.04. The number of rotatable bonds is 9. The van der Waals surface area contributed by atoms with Gasteiger partial charge in [0.25, 0.3) is 0 Å². The number of hydrogen-bond acceptors (Lipinski definition) is 3. The minimum Gasteiger partial charge on any atom is -0.488 e. The standard InChI is InChI=1S/C21H26ClNO3/c1-15-11-17(13-23(3)10-6-9-20(24)25)12-16(2)21(15)26-14-18-7-4-5-8-19(18)22/h4-5,7-8,11-12H,6,9-10,13-14H2,1-3H3,(H,24,25). The monoisotopic (exact) mass is 375 g/mol. The molecule has 26 heavy (non-hydrogen) atoms. The lowest BCUT2D eigenvalue weighted by Gasteiger charge is -2.19. The molecule has 5 heteroatoms. The Morgan fingerprint density at radius 2 is 1.85 bits per heavy atom. The van der Waals surface area contributed by atoms with E-state index in [4.69, 9.17) is 21.4 Å². The number of hydrogen-bond donors (Lipinski definition) is 1. The molecule has 0 aliphatic heterocycles. The number of carboxylic acid groups (broad SMARTS) is 1. The summed E-state index contributed by atoms with van der Waals surface area (Å²) in [4.78, 5) is 12.8. The van der Waals surface area contributed by atoms with Gasteiger partial charge < -0.3 is 14.7 Å². The fraction of sp³-hybridized carbons (Fsp3) is 0.381. The van der Waals surface area contributed by atoms with Gasteiger partial charge in [-0.15, -0.1) is 0 Å². The molecule has 0 unspecified atom stereocenters. The fourth-order valence-corrected chi connectivity index (χ4v) is 3.21. The SMILES string of the molecule is Cc1cc(CN(C)CCCC(=O)O)cc(C)c1OCc1ccccc1Cl. The normalized spacial score (nSPS) is 11.0. The number of benzene rings is 2. The van der Waals surface area contributed by atoms with Crippen molar-refractivity contribution < 1.29 is 14.6 Å². The average Bonchev–Trinajstić information content (AvgIpc) is 2.55. The summed E-state index contributed by atoms with van der Waals surface area (Å²) >= 11 is 6.19. The first kappa shape index (κ1) is 20.3. The lowest BCUT2D eigenvalue weighted by atomic mass is 10.0. The molecule has 1 N–H and O–H groups in total. The maximum absolute atomic E-state index is 10.6. The molecule has 0 aromatic heterocycles. The van der Waals surface area contributed by atoms with Crippen LogP contribution in [0.1, 0.15) is 35.1 Å². The van der Waals surface area contributed by atoms with Crippen molar-refractivity contribution in [3.8, 4) is 5.75 Å². The highest BCUT2D eigenvalue weighted by atomic mass is 35.5. The molecule has 4 nitrogen and oxygen atoms in total. The molecule has 0 saturated carbocycles. The van der Waals surface area contributed by atoms with Crippen LogP contribution in [0.2, 0.25) is 5.02 Å². The molecule has 2 aromatic rings. The minimum absolute atomic E-state index is 0.206. The lowest BCUT2D eigenvalue weighted by Crippen LogP contribution is -2.20. The van der Waals surface area contributed by atoms with Crippen LogP contribution in [-0.2, 0) is 17.9 Å². The van der Waals surface area contributed by atoms with Gasteiger partial charge in [-0.25, -0.2) is 0 Å². The van der Waals surface area contributed by atoms with Crippen molar-refractivity contribution in [2.75, 3.05) is 13.6 Å². The molecule has 2 aromatic carbocycles. The molecule has 0 saturated heterocycles. The van der Waals surface area contributed by atoms with E-state index in [-0.39, 0.29) is 6.42 Å². The van der Waals surface area contributed by atoms with Gasteiger partial charge in [-0.05, 0) is 56.6 Å². The van der Waals surface area contributed by atoms with Gasteiger partial charge in [-0.3, -0.25) is 4.79 Å². The molecular formula is C21H26ClNO3. The van der Waals surface area contributed by atoms with Gasteiger partial charge in [0.05, 0.1) is 0 Å². The van der Waals surface area contributed by atoms with Gasteiger partial charge in [0.1, 0.15) is 12.4 Å². The van der Waals surface area contributed by atoms with E-state index in [0.29, 0.717) is 18.1 Å². The summed E-state index contributed by atoms with van der Waals surface area (Å²) in [5, 5.41) is 9.44. The number of ether oxygens (including phenoxy) is 1. The van der Waals surface area contributed by atoms with Crippen LogP contribution in [-0.4, -0.2) is 29.6 Å². The molecule has 0 aliphatic rings. The summed E-state index contributed by atoms with van der Waals surface area (Å²) in [7, 11) is 2.01. The molecule has 140 valence electrons. The van der Waals surface area contributed by atoms with Gasteiger partial charge in [-0.2, -0.15) is 0 Å². The Balaban J connectivity index is 1.98. The Hall–Kier alpha value is -2.04. The quantitative estimate of drug-likeness (QED) is 0.681. The summed E-state index contributed by atoms with van der Waals surface area (Å²) in [5.74, 6) is 0.146. The maximum atomic E-state index is 10.6. The van der Waals surface area contributed by atoms with Crippen molar-refractivity contribution in [3.05, 3.63) is 63.7 Å². The fourth-order valence-electron chi connectivity index (χ4n) is 3.02. The Bertz CT molecular complexity index is 738. The molecular weight excluding hydrogens is 350 g/mol. The molecule has 0 atom stereocenters. The van der Waals surface area contributed by atoms with Crippen molar-refractivity contribution in [2.24, 2.45) is 0 Å². The number of halogens is 1. The number of aliphatic carboxylic acids is 1. The molecule has 0 bridgehead atoms. The smallest absolute Gasteiger partial charge is 0.303 e. The van der Waals surface area contributed by atoms with Crippen LogP contribution in [0.15, 0.2) is 36.4 Å². The molecule has 0 radical (unpaired) electrons. The summed E-state index contributed by atoms with van der Waals surface area (Å²) in [6.45, 7) is 6.07. The van der Waals surface area contributed by atoms with Gasteiger partial charge in [0.15, 0.2) is 0 Å². The molecule has 0 fully saturated rings. The van der Waals surface area contributed by atoms with Crippen LogP contribution in [0.5, 0.6) is 5.75 Å².